The average molecular weight is 300 g/mol. The monoisotopic (exact) mass is 300 g/mol. The number of hydrazone groups is 1. The number of phenols is 1. The highest BCUT2D eigenvalue weighted by Gasteiger charge is 2.22. The second kappa shape index (κ2) is 6.10. The molecular weight excluding hydrogens is 284 g/mol. The van der Waals surface area contributed by atoms with Crippen molar-refractivity contribution in [3.05, 3.63) is 59.7 Å². The lowest BCUT2D eigenvalue weighted by atomic mass is 10.2. The fraction of sp³-hybridized carbons (Fsp3) is 0.188. The normalized spacial score (nSPS) is 17.2. The number of benzene rings is 2. The van der Waals surface area contributed by atoms with E-state index in [0.717, 1.165) is 16.2 Å². The van der Waals surface area contributed by atoms with Crippen LogP contribution < -0.4 is 10.2 Å². The maximum atomic E-state index is 9.76. The largest absolute Gasteiger partial charge is 0.504 e. The van der Waals surface area contributed by atoms with Crippen LogP contribution in [-0.4, -0.2) is 16.8 Å². The van der Waals surface area contributed by atoms with E-state index in [1.54, 1.807) is 17.8 Å². The molecule has 0 aliphatic carbocycles. The maximum absolute atomic E-state index is 9.76. The van der Waals surface area contributed by atoms with Crippen molar-refractivity contribution in [1.82, 2.24) is 5.43 Å². The smallest absolute Gasteiger partial charge is 0.161 e. The molecule has 2 N–H and O–H groups in total. The van der Waals surface area contributed by atoms with Crippen molar-refractivity contribution in [2.45, 2.75) is 12.3 Å². The second-order valence-corrected chi connectivity index (χ2v) is 5.66. The average Bonchev–Trinajstić information content (AvgIpc) is 3.00. The molecule has 108 valence electrons. The quantitative estimate of drug-likeness (QED) is 0.907. The second-order valence-electron chi connectivity index (χ2n) is 4.57. The molecule has 0 saturated carbocycles. The number of thioether (sulfide) groups is 1. The first-order valence-corrected chi connectivity index (χ1v) is 7.67. The van der Waals surface area contributed by atoms with Crippen LogP contribution in [0.2, 0.25) is 0 Å². The van der Waals surface area contributed by atoms with Gasteiger partial charge in [0.2, 0.25) is 0 Å². The van der Waals surface area contributed by atoms with Gasteiger partial charge in [-0.25, -0.2) is 0 Å². The number of ether oxygens (including phenoxy) is 1. The summed E-state index contributed by atoms with van der Waals surface area (Å²) in [5.74, 6) is 0.665. The highest BCUT2D eigenvalue weighted by molar-refractivity contribution is 8.14. The van der Waals surface area contributed by atoms with Gasteiger partial charge in [-0.3, -0.25) is 5.43 Å². The van der Waals surface area contributed by atoms with Gasteiger partial charge in [-0.1, -0.05) is 48.2 Å². The summed E-state index contributed by atoms with van der Waals surface area (Å²) in [5.41, 5.74) is 5.25. The molecule has 2 aromatic rings. The lowest BCUT2D eigenvalue weighted by molar-refractivity contribution is 0.317. The van der Waals surface area contributed by atoms with Crippen LogP contribution in [-0.2, 0) is 0 Å². The van der Waals surface area contributed by atoms with Gasteiger partial charge in [0.25, 0.3) is 0 Å². The molecule has 0 aromatic heterocycles. The summed E-state index contributed by atoms with van der Waals surface area (Å²) in [6.45, 7) is 2.42. The lowest BCUT2D eigenvalue weighted by Crippen LogP contribution is -2.06. The van der Waals surface area contributed by atoms with Gasteiger partial charge in [-0.2, -0.15) is 5.10 Å². The Labute approximate surface area is 127 Å². The van der Waals surface area contributed by atoms with Gasteiger partial charge in [0.05, 0.1) is 6.61 Å². The van der Waals surface area contributed by atoms with E-state index >= 15 is 0 Å². The molecule has 1 heterocycles. The summed E-state index contributed by atoms with van der Waals surface area (Å²) in [6, 6.07) is 15.5. The lowest BCUT2D eigenvalue weighted by Gasteiger charge is -2.12. The molecule has 0 unspecified atom stereocenters. The fourth-order valence-electron chi connectivity index (χ4n) is 2.10. The molecule has 1 atom stereocenters. The molecule has 0 saturated heterocycles. The van der Waals surface area contributed by atoms with Gasteiger partial charge in [-0.15, -0.1) is 0 Å². The van der Waals surface area contributed by atoms with Crippen molar-refractivity contribution in [2.75, 3.05) is 6.61 Å². The first kappa shape index (κ1) is 13.8. The zero-order chi connectivity index (χ0) is 14.7. The molecule has 0 bridgehead atoms. The van der Waals surface area contributed by atoms with Crippen LogP contribution in [0.25, 0.3) is 0 Å². The Bertz CT molecular complexity index is 659. The predicted octanol–water partition coefficient (Wildman–Crippen LogP) is 3.49. The molecule has 21 heavy (non-hydrogen) atoms. The van der Waals surface area contributed by atoms with Gasteiger partial charge < -0.3 is 9.84 Å². The number of hydrogen-bond acceptors (Lipinski definition) is 5. The SMILES string of the molecule is CCOc1cc([C@H]2NN=C(c3ccccc3)S2)ccc1O. The van der Waals surface area contributed by atoms with E-state index in [0.29, 0.717) is 12.4 Å². The van der Waals surface area contributed by atoms with Crippen molar-refractivity contribution in [3.8, 4) is 11.5 Å². The Kier molecular flexibility index (Phi) is 4.01. The molecule has 2 aromatic carbocycles. The Hall–Kier alpha value is -2.14. The molecule has 1 aliphatic heterocycles. The summed E-state index contributed by atoms with van der Waals surface area (Å²) in [6.07, 6.45) is 0. The highest BCUT2D eigenvalue weighted by Crippen LogP contribution is 2.37. The summed E-state index contributed by atoms with van der Waals surface area (Å²) < 4.78 is 5.42. The number of aromatic hydroxyl groups is 1. The number of nitrogens with one attached hydrogen (secondary N) is 1. The van der Waals surface area contributed by atoms with Crippen LogP contribution in [0.3, 0.4) is 0 Å². The molecule has 1 aliphatic rings. The summed E-state index contributed by atoms with van der Waals surface area (Å²) >= 11 is 1.65. The van der Waals surface area contributed by atoms with Crippen LogP contribution in [0.1, 0.15) is 23.4 Å². The van der Waals surface area contributed by atoms with Crippen LogP contribution in [0.4, 0.5) is 0 Å². The van der Waals surface area contributed by atoms with E-state index in [-0.39, 0.29) is 11.1 Å². The predicted molar refractivity (Wildman–Crippen MR) is 85.7 cm³/mol. The van der Waals surface area contributed by atoms with E-state index in [2.05, 4.69) is 10.5 Å². The minimum absolute atomic E-state index is 0.0278. The van der Waals surface area contributed by atoms with E-state index in [9.17, 15) is 5.11 Å². The number of rotatable bonds is 4. The van der Waals surface area contributed by atoms with Crippen molar-refractivity contribution >= 4 is 16.8 Å². The minimum atomic E-state index is 0.0278. The minimum Gasteiger partial charge on any atom is -0.504 e. The Morgan fingerprint density at radius 3 is 2.81 bits per heavy atom. The van der Waals surface area contributed by atoms with Gasteiger partial charge >= 0.3 is 0 Å². The zero-order valence-corrected chi connectivity index (χ0v) is 12.4. The summed E-state index contributed by atoms with van der Waals surface area (Å²) in [4.78, 5) is 0. The molecule has 0 fully saturated rings. The standard InChI is InChI=1S/C16H16N2O2S/c1-2-20-14-10-12(8-9-13(14)19)16-18-17-15(21-16)11-6-4-3-5-7-11/h3-10,16,18-19H,2H2,1H3/t16-/m0/s1. The van der Waals surface area contributed by atoms with E-state index in [4.69, 9.17) is 4.74 Å². The Balaban J connectivity index is 1.77. The number of hydrogen-bond donors (Lipinski definition) is 2. The first-order chi connectivity index (χ1) is 10.3. The molecule has 0 radical (unpaired) electrons. The van der Waals surface area contributed by atoms with E-state index < -0.39 is 0 Å². The van der Waals surface area contributed by atoms with Gasteiger partial charge in [0.1, 0.15) is 10.4 Å². The summed E-state index contributed by atoms with van der Waals surface area (Å²) in [7, 11) is 0. The zero-order valence-electron chi connectivity index (χ0n) is 11.6. The third-order valence-corrected chi connectivity index (χ3v) is 4.28. The molecule has 4 nitrogen and oxygen atoms in total. The Morgan fingerprint density at radius 2 is 2.05 bits per heavy atom. The van der Waals surface area contributed by atoms with Crippen molar-refractivity contribution < 1.29 is 9.84 Å². The highest BCUT2D eigenvalue weighted by atomic mass is 32.2. The fourth-order valence-corrected chi connectivity index (χ4v) is 3.09. The topological polar surface area (TPSA) is 53.8 Å². The van der Waals surface area contributed by atoms with Crippen molar-refractivity contribution in [2.24, 2.45) is 5.10 Å². The number of nitrogens with zero attached hydrogens (tertiary/aromatic N) is 1. The van der Waals surface area contributed by atoms with Gasteiger partial charge in [0, 0.05) is 5.56 Å². The Morgan fingerprint density at radius 1 is 1.24 bits per heavy atom. The van der Waals surface area contributed by atoms with Crippen molar-refractivity contribution in [1.29, 1.82) is 0 Å². The van der Waals surface area contributed by atoms with Crippen LogP contribution >= 0.6 is 11.8 Å². The molecule has 3 rings (SSSR count). The van der Waals surface area contributed by atoms with E-state index in [1.165, 1.54) is 0 Å². The van der Waals surface area contributed by atoms with E-state index in [1.807, 2.05) is 49.4 Å². The third kappa shape index (κ3) is 2.97. The maximum Gasteiger partial charge on any atom is 0.161 e. The number of phenolic OH excluding ortho intramolecular Hbond substituents is 1. The molecule has 0 spiro atoms. The first-order valence-electron chi connectivity index (χ1n) is 6.79. The molecule has 5 heteroatoms. The molecule has 0 amide bonds. The van der Waals surface area contributed by atoms with Gasteiger partial charge in [0.15, 0.2) is 11.5 Å². The van der Waals surface area contributed by atoms with Crippen molar-refractivity contribution in [3.63, 3.8) is 0 Å². The molecular formula is C16H16N2O2S. The van der Waals surface area contributed by atoms with Crippen LogP contribution in [0, 0.1) is 0 Å². The van der Waals surface area contributed by atoms with Crippen LogP contribution in [0.15, 0.2) is 53.6 Å². The van der Waals surface area contributed by atoms with Crippen LogP contribution in [0.5, 0.6) is 11.5 Å². The summed E-state index contributed by atoms with van der Waals surface area (Å²) in [5, 5.41) is 15.1. The third-order valence-electron chi connectivity index (χ3n) is 3.12. The van der Waals surface area contributed by atoms with Gasteiger partial charge in [-0.05, 0) is 24.6 Å².